The van der Waals surface area contributed by atoms with Gasteiger partial charge in [-0.1, -0.05) is 25.3 Å². The average Bonchev–Trinajstić information content (AvgIpc) is 2.99. The molecule has 1 aromatic heterocycles. The van der Waals surface area contributed by atoms with Crippen molar-refractivity contribution in [3.63, 3.8) is 0 Å². The molecule has 0 atom stereocenters. The molecule has 8 nitrogen and oxygen atoms in total. The van der Waals surface area contributed by atoms with E-state index in [1.165, 1.54) is 22.6 Å². The molecule has 0 bridgehead atoms. The molecule has 0 saturated heterocycles. The van der Waals surface area contributed by atoms with Crippen molar-refractivity contribution in [1.82, 2.24) is 9.29 Å². The van der Waals surface area contributed by atoms with E-state index >= 15 is 0 Å². The van der Waals surface area contributed by atoms with Gasteiger partial charge in [-0.2, -0.15) is 4.31 Å². The molecular weight excluding hydrogens is 466 g/mol. The van der Waals surface area contributed by atoms with Crippen LogP contribution < -0.4 is 14.8 Å². The number of rotatable bonds is 5. The van der Waals surface area contributed by atoms with E-state index in [0.717, 1.165) is 37.7 Å². The van der Waals surface area contributed by atoms with Crippen LogP contribution in [0.5, 0.6) is 23.0 Å². The quantitative estimate of drug-likeness (QED) is 0.504. The minimum Gasteiger partial charge on any atom is -0.454 e. The molecule has 0 spiro atoms. The van der Waals surface area contributed by atoms with Crippen LogP contribution in [0.4, 0.5) is 5.69 Å². The third-order valence-electron chi connectivity index (χ3n) is 6.50. The van der Waals surface area contributed by atoms with E-state index in [9.17, 15) is 13.2 Å². The number of hydrogen-bond acceptors (Lipinski definition) is 6. The predicted octanol–water partition coefficient (Wildman–Crippen LogP) is 5.49. The maximum Gasteiger partial charge on any atom is 0.259 e. The molecule has 9 heteroatoms. The molecule has 0 radical (unpaired) electrons. The summed E-state index contributed by atoms with van der Waals surface area (Å²) in [7, 11) is -2.38. The molecule has 1 fully saturated rings. The van der Waals surface area contributed by atoms with Crippen LogP contribution in [0.3, 0.4) is 0 Å². The fourth-order valence-corrected chi connectivity index (χ4v) is 6.09. The van der Waals surface area contributed by atoms with Gasteiger partial charge in [-0.3, -0.25) is 9.78 Å². The Balaban J connectivity index is 1.63. The standard InChI is InChI=1S/C26H27N3O5S/c1-17-10-11-22-21(13-17)28-26(30)20-14-25(35(31,32)29(2)18-7-4-3-5-8-18)24(15-23(20)34-22)33-19-9-6-12-27-16-19/h6,9-16,18H,3-5,7-8H2,1-2H3,(H,28,30). The van der Waals surface area contributed by atoms with Gasteiger partial charge in [-0.05, 0) is 55.7 Å². The van der Waals surface area contributed by atoms with Crippen LogP contribution in [0.1, 0.15) is 48.0 Å². The van der Waals surface area contributed by atoms with Crippen molar-refractivity contribution in [3.8, 4) is 23.0 Å². The van der Waals surface area contributed by atoms with E-state index in [4.69, 9.17) is 9.47 Å². The van der Waals surface area contributed by atoms with E-state index in [2.05, 4.69) is 10.3 Å². The number of pyridine rings is 1. The Morgan fingerprint density at radius 1 is 1.09 bits per heavy atom. The summed E-state index contributed by atoms with van der Waals surface area (Å²) in [4.78, 5) is 17.1. The van der Waals surface area contributed by atoms with Crippen molar-refractivity contribution < 1.29 is 22.7 Å². The fourth-order valence-electron chi connectivity index (χ4n) is 4.55. The zero-order valence-corrected chi connectivity index (χ0v) is 20.5. The number of ether oxygens (including phenoxy) is 2. The van der Waals surface area contributed by atoms with Crippen molar-refractivity contribution in [2.24, 2.45) is 0 Å². The van der Waals surface area contributed by atoms with Crippen LogP contribution in [0.2, 0.25) is 0 Å². The molecule has 2 aromatic carbocycles. The van der Waals surface area contributed by atoms with Gasteiger partial charge in [-0.15, -0.1) is 0 Å². The van der Waals surface area contributed by atoms with Gasteiger partial charge in [0.2, 0.25) is 10.0 Å². The summed E-state index contributed by atoms with van der Waals surface area (Å²) in [6.45, 7) is 1.91. The third-order valence-corrected chi connectivity index (χ3v) is 8.43. The number of nitrogens with one attached hydrogen (secondary N) is 1. The first-order valence-corrected chi connectivity index (χ1v) is 13.1. The van der Waals surface area contributed by atoms with Crippen LogP contribution in [-0.2, 0) is 10.0 Å². The van der Waals surface area contributed by atoms with Crippen molar-refractivity contribution in [3.05, 3.63) is 66.0 Å². The highest BCUT2D eigenvalue weighted by atomic mass is 32.2. The molecule has 1 aliphatic heterocycles. The molecule has 1 aliphatic carbocycles. The van der Waals surface area contributed by atoms with E-state index in [1.807, 2.05) is 13.0 Å². The highest BCUT2D eigenvalue weighted by Gasteiger charge is 2.34. The van der Waals surface area contributed by atoms with Crippen molar-refractivity contribution in [2.45, 2.75) is 50.0 Å². The summed E-state index contributed by atoms with van der Waals surface area (Å²) in [5.41, 5.74) is 1.59. The number of nitrogens with zero attached hydrogens (tertiary/aromatic N) is 2. The van der Waals surface area contributed by atoms with Gasteiger partial charge in [0, 0.05) is 25.4 Å². The number of carbonyl (C=O) groups is 1. The van der Waals surface area contributed by atoms with Crippen LogP contribution in [0.15, 0.2) is 59.8 Å². The molecule has 1 saturated carbocycles. The fraction of sp³-hybridized carbons (Fsp3) is 0.308. The maximum atomic E-state index is 13.8. The predicted molar refractivity (Wildman–Crippen MR) is 132 cm³/mol. The molecular formula is C26H27N3O5S. The number of anilines is 1. The van der Waals surface area contributed by atoms with Gasteiger partial charge in [0.25, 0.3) is 5.91 Å². The Morgan fingerprint density at radius 3 is 2.63 bits per heavy atom. The second kappa shape index (κ2) is 9.31. The Labute approximate surface area is 204 Å². The number of hydrogen-bond donors (Lipinski definition) is 1. The first-order chi connectivity index (χ1) is 16.8. The van der Waals surface area contributed by atoms with Crippen LogP contribution in [0.25, 0.3) is 0 Å². The van der Waals surface area contributed by atoms with Crippen LogP contribution in [-0.4, -0.2) is 36.7 Å². The van der Waals surface area contributed by atoms with E-state index in [0.29, 0.717) is 17.2 Å². The smallest absolute Gasteiger partial charge is 0.259 e. The minimum absolute atomic E-state index is 0.0720. The average molecular weight is 494 g/mol. The number of carbonyl (C=O) groups excluding carboxylic acids is 1. The lowest BCUT2D eigenvalue weighted by atomic mass is 9.96. The SMILES string of the molecule is Cc1ccc2c(c1)NC(=O)c1cc(S(=O)(=O)N(C)C3CCCCC3)c(Oc3cccnc3)cc1O2. The zero-order chi connectivity index (χ0) is 24.6. The summed E-state index contributed by atoms with van der Waals surface area (Å²) in [5.74, 6) is 0.670. The van der Waals surface area contributed by atoms with E-state index < -0.39 is 15.9 Å². The maximum absolute atomic E-state index is 13.8. The number of sulfonamides is 1. The molecule has 1 N–H and O–H groups in total. The zero-order valence-electron chi connectivity index (χ0n) is 19.7. The molecule has 0 unspecified atom stereocenters. The van der Waals surface area contributed by atoms with Gasteiger partial charge < -0.3 is 14.8 Å². The minimum atomic E-state index is -3.98. The molecule has 3 aromatic rings. The van der Waals surface area contributed by atoms with Gasteiger partial charge in [0.1, 0.15) is 16.4 Å². The Kier molecular flexibility index (Phi) is 6.21. The molecule has 1 amide bonds. The second-order valence-electron chi connectivity index (χ2n) is 8.95. The molecule has 2 aliphatic rings. The summed E-state index contributed by atoms with van der Waals surface area (Å²) in [5, 5.41) is 2.84. The first kappa shape index (κ1) is 23.3. The van der Waals surface area contributed by atoms with Crippen LogP contribution >= 0.6 is 0 Å². The number of aromatic nitrogens is 1. The summed E-state index contributed by atoms with van der Waals surface area (Å²) in [6, 6.07) is 11.6. The molecule has 2 heterocycles. The lowest BCUT2D eigenvalue weighted by Crippen LogP contribution is -2.38. The Bertz CT molecular complexity index is 1370. The van der Waals surface area contributed by atoms with Crippen molar-refractivity contribution in [2.75, 3.05) is 12.4 Å². The van der Waals surface area contributed by atoms with Crippen molar-refractivity contribution in [1.29, 1.82) is 0 Å². The second-order valence-corrected chi connectivity index (χ2v) is 10.9. The summed E-state index contributed by atoms with van der Waals surface area (Å²) in [6.07, 6.45) is 7.79. The Hall–Kier alpha value is -3.43. The van der Waals surface area contributed by atoms with Crippen LogP contribution in [0, 0.1) is 6.92 Å². The lowest BCUT2D eigenvalue weighted by Gasteiger charge is -2.31. The van der Waals surface area contributed by atoms with Gasteiger partial charge >= 0.3 is 0 Å². The third kappa shape index (κ3) is 4.61. The highest BCUT2D eigenvalue weighted by Crippen LogP contribution is 2.42. The number of benzene rings is 2. The highest BCUT2D eigenvalue weighted by molar-refractivity contribution is 7.89. The summed E-state index contributed by atoms with van der Waals surface area (Å²) < 4.78 is 41.2. The number of amides is 1. The number of fused-ring (bicyclic) bond motifs is 2. The number of aryl methyl sites for hydroxylation is 1. The van der Waals surface area contributed by atoms with E-state index in [-0.39, 0.29) is 28.0 Å². The summed E-state index contributed by atoms with van der Waals surface area (Å²) >= 11 is 0. The molecule has 182 valence electrons. The first-order valence-electron chi connectivity index (χ1n) is 11.7. The topological polar surface area (TPSA) is 97.8 Å². The Morgan fingerprint density at radius 2 is 1.89 bits per heavy atom. The molecule has 5 rings (SSSR count). The normalized spacial score (nSPS) is 16.0. The van der Waals surface area contributed by atoms with Gasteiger partial charge in [0.15, 0.2) is 11.5 Å². The van der Waals surface area contributed by atoms with Gasteiger partial charge in [-0.25, -0.2) is 8.42 Å². The van der Waals surface area contributed by atoms with Gasteiger partial charge in [0.05, 0.1) is 17.4 Å². The van der Waals surface area contributed by atoms with E-state index in [1.54, 1.807) is 37.5 Å². The lowest BCUT2D eigenvalue weighted by molar-refractivity contribution is 0.102. The van der Waals surface area contributed by atoms with Crippen molar-refractivity contribution >= 4 is 21.6 Å². The molecule has 35 heavy (non-hydrogen) atoms. The monoisotopic (exact) mass is 493 g/mol. The largest absolute Gasteiger partial charge is 0.454 e.